The minimum absolute atomic E-state index is 0.0922. The second-order valence-corrected chi connectivity index (χ2v) is 4.70. The summed E-state index contributed by atoms with van der Waals surface area (Å²) in [6.45, 7) is -0.786. The Bertz CT molecular complexity index is 780. The molecule has 4 nitrogen and oxygen atoms in total. The fourth-order valence-corrected chi connectivity index (χ4v) is 1.80. The monoisotopic (exact) mass is 341 g/mol. The minimum atomic E-state index is -1.73. The quantitative estimate of drug-likeness (QED) is 0.517. The lowest BCUT2D eigenvalue weighted by molar-refractivity contribution is -0.146. The SMILES string of the molecule is O=C(COC(=O)Cc1ccccc1F)Nc1ccc(F)c(F)c1F. The van der Waals surface area contributed by atoms with Crippen molar-refractivity contribution >= 4 is 17.6 Å². The van der Waals surface area contributed by atoms with Crippen LogP contribution in [0.5, 0.6) is 0 Å². The van der Waals surface area contributed by atoms with E-state index >= 15 is 0 Å². The van der Waals surface area contributed by atoms with E-state index < -0.39 is 47.4 Å². The summed E-state index contributed by atoms with van der Waals surface area (Å²) < 4.78 is 57.1. The highest BCUT2D eigenvalue weighted by Gasteiger charge is 2.16. The van der Waals surface area contributed by atoms with Gasteiger partial charge in [0.25, 0.3) is 5.91 Å². The van der Waals surface area contributed by atoms with Gasteiger partial charge in [-0.3, -0.25) is 9.59 Å². The molecule has 0 saturated heterocycles. The molecular weight excluding hydrogens is 330 g/mol. The number of ether oxygens (including phenoxy) is 1. The maximum atomic E-state index is 13.4. The molecule has 1 N–H and O–H groups in total. The van der Waals surface area contributed by atoms with E-state index in [-0.39, 0.29) is 12.0 Å². The van der Waals surface area contributed by atoms with Crippen molar-refractivity contribution in [2.75, 3.05) is 11.9 Å². The van der Waals surface area contributed by atoms with E-state index in [1.54, 1.807) is 0 Å². The predicted octanol–water partition coefficient (Wildman–Crippen LogP) is 2.97. The zero-order chi connectivity index (χ0) is 17.7. The number of carbonyl (C=O) groups is 2. The highest BCUT2D eigenvalue weighted by atomic mass is 19.2. The summed E-state index contributed by atoms with van der Waals surface area (Å²) >= 11 is 0. The molecule has 0 fully saturated rings. The van der Waals surface area contributed by atoms with Crippen molar-refractivity contribution in [2.45, 2.75) is 6.42 Å². The van der Waals surface area contributed by atoms with E-state index in [0.29, 0.717) is 6.07 Å². The molecule has 8 heteroatoms. The van der Waals surface area contributed by atoms with Gasteiger partial charge in [-0.25, -0.2) is 17.6 Å². The predicted molar refractivity (Wildman–Crippen MR) is 76.0 cm³/mol. The molecule has 24 heavy (non-hydrogen) atoms. The first-order chi connectivity index (χ1) is 11.4. The summed E-state index contributed by atoms with van der Waals surface area (Å²) in [5.74, 6) is -7.13. The highest BCUT2D eigenvalue weighted by molar-refractivity contribution is 5.93. The van der Waals surface area contributed by atoms with E-state index in [1.807, 2.05) is 5.32 Å². The van der Waals surface area contributed by atoms with E-state index in [9.17, 15) is 27.2 Å². The number of esters is 1. The van der Waals surface area contributed by atoms with Gasteiger partial charge in [-0.15, -0.1) is 0 Å². The number of benzene rings is 2. The first-order valence-corrected chi connectivity index (χ1v) is 6.71. The van der Waals surface area contributed by atoms with Crippen molar-refractivity contribution in [3.05, 3.63) is 65.2 Å². The normalized spacial score (nSPS) is 10.3. The molecule has 0 unspecified atom stereocenters. The lowest BCUT2D eigenvalue weighted by atomic mass is 10.1. The molecule has 0 atom stereocenters. The number of halogens is 4. The van der Waals surface area contributed by atoms with Gasteiger partial charge in [-0.1, -0.05) is 18.2 Å². The van der Waals surface area contributed by atoms with Crippen molar-refractivity contribution in [2.24, 2.45) is 0 Å². The van der Waals surface area contributed by atoms with Crippen LogP contribution in [-0.4, -0.2) is 18.5 Å². The summed E-state index contributed by atoms with van der Waals surface area (Å²) in [6.07, 6.45) is -0.389. The molecule has 2 aromatic rings. The largest absolute Gasteiger partial charge is 0.455 e. The summed E-state index contributed by atoms with van der Waals surface area (Å²) in [6, 6.07) is 7.00. The molecular formula is C16H11F4NO3. The van der Waals surface area contributed by atoms with Crippen molar-refractivity contribution in [1.29, 1.82) is 0 Å². The van der Waals surface area contributed by atoms with Gasteiger partial charge < -0.3 is 10.1 Å². The van der Waals surface area contributed by atoms with Crippen molar-refractivity contribution < 1.29 is 31.9 Å². The second-order valence-electron chi connectivity index (χ2n) is 4.70. The van der Waals surface area contributed by atoms with E-state index in [2.05, 4.69) is 4.74 Å². The van der Waals surface area contributed by atoms with Crippen LogP contribution in [0.15, 0.2) is 36.4 Å². The van der Waals surface area contributed by atoms with Crippen LogP contribution in [0.2, 0.25) is 0 Å². The number of anilines is 1. The number of rotatable bonds is 5. The third-order valence-corrected chi connectivity index (χ3v) is 2.97. The van der Waals surface area contributed by atoms with Crippen LogP contribution in [0.1, 0.15) is 5.56 Å². The van der Waals surface area contributed by atoms with Gasteiger partial charge in [0.15, 0.2) is 24.1 Å². The molecule has 0 aliphatic rings. The van der Waals surface area contributed by atoms with Gasteiger partial charge in [0, 0.05) is 0 Å². The van der Waals surface area contributed by atoms with Gasteiger partial charge in [0.1, 0.15) is 5.82 Å². The standard InChI is InChI=1S/C16H11F4NO3/c17-10-4-2-1-3-9(10)7-14(23)24-8-13(22)21-12-6-5-11(18)15(19)16(12)20/h1-6H,7-8H2,(H,21,22). The second kappa shape index (κ2) is 7.58. The number of amides is 1. The molecule has 0 bridgehead atoms. The van der Waals surface area contributed by atoms with Crippen LogP contribution >= 0.6 is 0 Å². The van der Waals surface area contributed by atoms with Crippen LogP contribution in [0.4, 0.5) is 23.2 Å². The first-order valence-electron chi connectivity index (χ1n) is 6.71. The fraction of sp³-hybridized carbons (Fsp3) is 0.125. The maximum Gasteiger partial charge on any atom is 0.310 e. The molecule has 0 aliphatic heterocycles. The average molecular weight is 341 g/mol. The molecule has 0 spiro atoms. The third-order valence-electron chi connectivity index (χ3n) is 2.97. The summed E-state index contributed by atoms with van der Waals surface area (Å²) in [5.41, 5.74) is -0.501. The Kier molecular flexibility index (Phi) is 5.51. The lowest BCUT2D eigenvalue weighted by Crippen LogP contribution is -2.22. The summed E-state index contributed by atoms with van der Waals surface area (Å²) in [4.78, 5) is 23.1. The Morgan fingerprint density at radius 3 is 2.33 bits per heavy atom. The molecule has 0 saturated carbocycles. The number of nitrogens with one attached hydrogen (secondary N) is 1. The zero-order valence-corrected chi connectivity index (χ0v) is 12.1. The van der Waals surface area contributed by atoms with Crippen molar-refractivity contribution in [1.82, 2.24) is 0 Å². The van der Waals surface area contributed by atoms with Crippen molar-refractivity contribution in [3.63, 3.8) is 0 Å². The first kappa shape index (κ1) is 17.5. The van der Waals surface area contributed by atoms with Crippen LogP contribution in [0.25, 0.3) is 0 Å². The Morgan fingerprint density at radius 1 is 0.917 bits per heavy atom. The fourth-order valence-electron chi connectivity index (χ4n) is 1.80. The van der Waals surface area contributed by atoms with Gasteiger partial charge >= 0.3 is 5.97 Å². The molecule has 0 radical (unpaired) electrons. The van der Waals surface area contributed by atoms with Gasteiger partial charge in [-0.2, -0.15) is 0 Å². The topological polar surface area (TPSA) is 55.4 Å². The smallest absolute Gasteiger partial charge is 0.310 e. The van der Waals surface area contributed by atoms with Gasteiger partial charge in [-0.05, 0) is 23.8 Å². The third kappa shape index (κ3) is 4.31. The van der Waals surface area contributed by atoms with Crippen molar-refractivity contribution in [3.8, 4) is 0 Å². The zero-order valence-electron chi connectivity index (χ0n) is 12.1. The summed E-state index contributed by atoms with van der Waals surface area (Å²) in [7, 11) is 0. The molecule has 0 aromatic heterocycles. The van der Waals surface area contributed by atoms with Gasteiger partial charge in [0.2, 0.25) is 0 Å². The van der Waals surface area contributed by atoms with Crippen LogP contribution < -0.4 is 5.32 Å². The molecule has 0 heterocycles. The lowest BCUT2D eigenvalue weighted by Gasteiger charge is -2.08. The van der Waals surface area contributed by atoms with E-state index in [0.717, 1.165) is 6.07 Å². The number of carbonyl (C=O) groups excluding carboxylic acids is 2. The van der Waals surface area contributed by atoms with E-state index in [4.69, 9.17) is 0 Å². The average Bonchev–Trinajstić information content (AvgIpc) is 2.56. The van der Waals surface area contributed by atoms with Crippen LogP contribution in [0, 0.1) is 23.3 Å². The Hall–Kier alpha value is -2.90. The van der Waals surface area contributed by atoms with Crippen LogP contribution in [-0.2, 0) is 20.7 Å². The summed E-state index contributed by atoms with van der Waals surface area (Å²) in [5, 5.41) is 1.94. The molecule has 0 aliphatic carbocycles. The minimum Gasteiger partial charge on any atom is -0.455 e. The molecule has 2 aromatic carbocycles. The Balaban J connectivity index is 1.88. The maximum absolute atomic E-state index is 13.4. The van der Waals surface area contributed by atoms with Gasteiger partial charge in [0.05, 0.1) is 12.1 Å². The highest BCUT2D eigenvalue weighted by Crippen LogP contribution is 2.19. The Labute approximate surface area is 134 Å². The van der Waals surface area contributed by atoms with E-state index in [1.165, 1.54) is 24.3 Å². The molecule has 1 amide bonds. The Morgan fingerprint density at radius 2 is 1.62 bits per heavy atom. The molecule has 126 valence electrons. The number of hydrogen-bond donors (Lipinski definition) is 1. The van der Waals surface area contributed by atoms with Crippen LogP contribution in [0.3, 0.4) is 0 Å². The molecule has 2 rings (SSSR count). The number of hydrogen-bond acceptors (Lipinski definition) is 3.